The third-order valence-electron chi connectivity index (χ3n) is 5.78. The molecule has 0 spiro atoms. The smallest absolute Gasteiger partial charge is 0.428 e. The van der Waals surface area contributed by atoms with E-state index in [1.807, 2.05) is 45.2 Å². The fourth-order valence-electron chi connectivity index (χ4n) is 4.56. The van der Waals surface area contributed by atoms with Crippen molar-refractivity contribution >= 4 is 95.8 Å². The number of hydrogen-bond donors (Lipinski definition) is 0. The van der Waals surface area contributed by atoms with Crippen molar-refractivity contribution in [3.63, 3.8) is 0 Å². The van der Waals surface area contributed by atoms with Gasteiger partial charge in [-0.25, -0.2) is 13.2 Å². The van der Waals surface area contributed by atoms with E-state index in [-0.39, 0.29) is 12.2 Å². The predicted molar refractivity (Wildman–Crippen MR) is 123 cm³/mol. The molecule has 15 heteroatoms. The van der Waals surface area contributed by atoms with Gasteiger partial charge in [0.05, 0.1) is 19.0 Å². The van der Waals surface area contributed by atoms with E-state index >= 15 is 0 Å². The zero-order valence-corrected chi connectivity index (χ0v) is 22.6. The van der Waals surface area contributed by atoms with E-state index in [4.69, 9.17) is 9.47 Å². The van der Waals surface area contributed by atoms with Crippen molar-refractivity contribution in [3.8, 4) is 5.75 Å². The van der Waals surface area contributed by atoms with Gasteiger partial charge < -0.3 is 18.8 Å². The molecule has 2 aliphatic carbocycles. The second kappa shape index (κ2) is 8.36. The molecule has 3 fully saturated rings. The van der Waals surface area contributed by atoms with Gasteiger partial charge in [0.25, 0.3) is 0 Å². The Morgan fingerprint density at radius 3 is 2.31 bits per heavy atom. The predicted octanol–water partition coefficient (Wildman–Crippen LogP) is 2.26. The monoisotopic (exact) mass is 809 g/mol. The summed E-state index contributed by atoms with van der Waals surface area (Å²) >= 11 is 6.05. The van der Waals surface area contributed by atoms with Crippen LogP contribution >= 0.6 is 67.8 Å². The highest BCUT2D eigenvalue weighted by Crippen LogP contribution is 2.59. The zero-order valence-electron chi connectivity index (χ0n) is 15.3. The van der Waals surface area contributed by atoms with Crippen LogP contribution in [0.3, 0.4) is 0 Å². The molecule has 0 aromatic heterocycles. The highest BCUT2D eigenvalue weighted by Gasteiger charge is 2.71. The first-order valence-corrected chi connectivity index (χ1v) is 13.5. The van der Waals surface area contributed by atoms with Crippen LogP contribution in [-0.2, 0) is 34.0 Å². The number of hydrogen-bond acceptors (Lipinski definition) is 9. The van der Waals surface area contributed by atoms with E-state index in [1.165, 1.54) is 0 Å². The lowest BCUT2D eigenvalue weighted by atomic mass is 9.78. The maximum Gasteiger partial charge on any atom is 0.428 e. The Bertz CT molecular complexity index is 1120. The fraction of sp³-hybridized carbons (Fsp3) is 0.471. The quantitative estimate of drug-likeness (QED) is 0.190. The number of alkyl halides is 2. The van der Waals surface area contributed by atoms with E-state index in [1.54, 1.807) is 12.1 Å². The Kier molecular flexibility index (Phi) is 6.46. The highest BCUT2D eigenvalue weighted by atomic mass is 127. The highest BCUT2D eigenvalue weighted by molar-refractivity contribution is 14.1. The van der Waals surface area contributed by atoms with Crippen LogP contribution < -0.4 is 4.74 Å². The van der Waals surface area contributed by atoms with E-state index in [0.29, 0.717) is 7.14 Å². The number of fused-ring (bicyclic) bond motifs is 1. The SMILES string of the molecule is O=C1OC2C3CC(C2OC(=O)C(F)(F)S(=O)(=O)[O-])C(C(=O)Oc2c(I)cc(I)cc2I)C13. The van der Waals surface area contributed by atoms with Crippen LogP contribution in [0.25, 0.3) is 0 Å². The number of benzene rings is 1. The Hall–Kier alpha value is -0.410. The summed E-state index contributed by atoms with van der Waals surface area (Å²) in [6.07, 6.45) is -2.46. The average Bonchev–Trinajstić information content (AvgIpc) is 3.27. The molecule has 1 aromatic carbocycles. The topological polar surface area (TPSA) is 136 Å². The Labute approximate surface area is 220 Å². The number of carbonyl (C=O) groups excluding carboxylic acids is 3. The first kappa shape index (κ1) is 24.7. The number of ether oxygens (including phenoxy) is 3. The molecule has 9 nitrogen and oxygen atoms in total. The van der Waals surface area contributed by atoms with Crippen LogP contribution in [-0.4, -0.2) is 48.3 Å². The lowest BCUT2D eigenvalue weighted by Crippen LogP contribution is -2.48. The molecular formula is C17H10F2I3O9S-. The van der Waals surface area contributed by atoms with Gasteiger partial charge >= 0.3 is 23.2 Å². The number of halogens is 5. The first-order chi connectivity index (χ1) is 14.7. The van der Waals surface area contributed by atoms with Crippen LogP contribution in [0, 0.1) is 34.4 Å². The Morgan fingerprint density at radius 2 is 1.75 bits per heavy atom. The van der Waals surface area contributed by atoms with Crippen LogP contribution in [0.15, 0.2) is 12.1 Å². The summed E-state index contributed by atoms with van der Waals surface area (Å²) in [6.45, 7) is 0. The van der Waals surface area contributed by atoms with Crippen LogP contribution in [0.2, 0.25) is 0 Å². The van der Waals surface area contributed by atoms with E-state index in [9.17, 15) is 36.1 Å². The Morgan fingerprint density at radius 1 is 1.16 bits per heavy atom. The molecule has 4 rings (SSSR count). The molecular weight excluding hydrogens is 799 g/mol. The first-order valence-electron chi connectivity index (χ1n) is 8.85. The molecule has 2 bridgehead atoms. The minimum Gasteiger partial charge on any atom is -0.743 e. The van der Waals surface area contributed by atoms with Crippen molar-refractivity contribution in [3.05, 3.63) is 22.8 Å². The minimum atomic E-state index is -6.32. The number of rotatable bonds is 5. The lowest BCUT2D eigenvalue weighted by Gasteiger charge is -2.31. The van der Waals surface area contributed by atoms with Crippen molar-refractivity contribution in [2.24, 2.45) is 23.7 Å². The van der Waals surface area contributed by atoms with Gasteiger partial charge in [-0.2, -0.15) is 8.78 Å². The second-order valence-electron chi connectivity index (χ2n) is 7.48. The molecule has 6 atom stereocenters. The van der Waals surface area contributed by atoms with Crippen molar-refractivity contribution in [1.82, 2.24) is 0 Å². The second-order valence-corrected chi connectivity index (χ2v) is 12.5. The standard InChI is InChI=1S/C17H11F2I3O9S/c18-17(19,32(26,27)28)16(25)31-12-6-3-5-9(14(23)29-11(5)12)10(6)15(24)30-13-7(21)1-4(20)2-8(13)22/h1-2,5-6,9-12H,3H2,(H,26,27,28)/p-1. The summed E-state index contributed by atoms with van der Waals surface area (Å²) in [5, 5.41) is -5.32. The molecule has 1 aliphatic heterocycles. The zero-order chi connectivity index (χ0) is 23.7. The summed E-state index contributed by atoms with van der Waals surface area (Å²) in [6, 6.07) is 3.53. The molecule has 1 heterocycles. The molecule has 1 aromatic rings. The fourth-order valence-corrected chi connectivity index (χ4v) is 8.61. The van der Waals surface area contributed by atoms with Gasteiger partial charge in [-0.1, -0.05) is 0 Å². The van der Waals surface area contributed by atoms with E-state index < -0.39 is 69.2 Å². The van der Waals surface area contributed by atoms with Crippen molar-refractivity contribution < 1.29 is 50.3 Å². The summed E-state index contributed by atoms with van der Waals surface area (Å²) in [4.78, 5) is 37.2. The van der Waals surface area contributed by atoms with Crippen molar-refractivity contribution in [1.29, 1.82) is 0 Å². The average molecular weight is 809 g/mol. The summed E-state index contributed by atoms with van der Waals surface area (Å²) < 4.78 is 77.0. The third kappa shape index (κ3) is 3.92. The largest absolute Gasteiger partial charge is 0.743 e. The van der Waals surface area contributed by atoms with Crippen LogP contribution in [0.4, 0.5) is 8.78 Å². The maximum absolute atomic E-state index is 13.6. The lowest BCUT2D eigenvalue weighted by molar-refractivity contribution is -0.178. The summed E-state index contributed by atoms with van der Waals surface area (Å²) in [5.41, 5.74) is 0. The molecule has 0 radical (unpaired) electrons. The molecule has 2 saturated carbocycles. The number of esters is 3. The molecule has 6 unspecified atom stereocenters. The van der Waals surface area contributed by atoms with Crippen molar-refractivity contribution in [2.45, 2.75) is 23.9 Å². The molecule has 0 amide bonds. The maximum atomic E-state index is 13.6. The summed E-state index contributed by atoms with van der Waals surface area (Å²) in [5.74, 6) is -7.42. The van der Waals surface area contributed by atoms with E-state index in [2.05, 4.69) is 27.3 Å². The molecule has 174 valence electrons. The van der Waals surface area contributed by atoms with Gasteiger partial charge in [0.1, 0.15) is 12.2 Å². The van der Waals surface area contributed by atoms with Gasteiger partial charge in [-0.3, -0.25) is 9.59 Å². The van der Waals surface area contributed by atoms with Gasteiger partial charge in [0.15, 0.2) is 15.9 Å². The third-order valence-corrected chi connectivity index (χ3v) is 8.80. The molecule has 1 saturated heterocycles. The van der Waals surface area contributed by atoms with Crippen molar-refractivity contribution in [2.75, 3.05) is 0 Å². The normalized spacial score (nSPS) is 30.9. The number of carbonyl (C=O) groups is 3. The minimum absolute atomic E-state index is 0.148. The molecule has 3 aliphatic rings. The Balaban J connectivity index is 1.60. The van der Waals surface area contributed by atoms with E-state index in [0.717, 1.165) is 3.57 Å². The van der Waals surface area contributed by atoms with Gasteiger partial charge in [0.2, 0.25) is 0 Å². The van der Waals surface area contributed by atoms with Gasteiger partial charge in [-0.15, -0.1) is 0 Å². The van der Waals surface area contributed by atoms with Crippen LogP contribution in [0.5, 0.6) is 5.75 Å². The molecule has 0 N–H and O–H groups in total. The van der Waals surface area contributed by atoms with Crippen LogP contribution in [0.1, 0.15) is 6.42 Å². The van der Waals surface area contributed by atoms with Gasteiger partial charge in [-0.05, 0) is 86.3 Å². The molecule has 32 heavy (non-hydrogen) atoms. The summed E-state index contributed by atoms with van der Waals surface area (Å²) in [7, 11) is -6.32. The van der Waals surface area contributed by atoms with Gasteiger partial charge in [0, 0.05) is 15.4 Å².